The molecule has 4 heteroatoms. The van der Waals surface area contributed by atoms with E-state index in [1.54, 1.807) is 11.1 Å². The Morgan fingerprint density at radius 1 is 0.537 bits per heavy atom. The Balaban J connectivity index is 1.05. The number of allylic oxidation sites excluding steroid dienone is 2. The summed E-state index contributed by atoms with van der Waals surface area (Å²) < 4.78 is 7.81. The zero-order valence-corrected chi connectivity index (χ0v) is 31.7. The van der Waals surface area contributed by atoms with Crippen molar-refractivity contribution in [2.75, 3.05) is 0 Å². The minimum Gasteiger partial charge on any atom is -0.332 e. The number of nitrogens with zero attached hydrogens (tertiary/aromatic N) is 2. The second kappa shape index (κ2) is 11.4. The van der Waals surface area contributed by atoms with Gasteiger partial charge >= 0.3 is 0 Å². The van der Waals surface area contributed by atoms with Crippen LogP contribution >= 0.6 is 22.7 Å². The van der Waals surface area contributed by atoms with Crippen LogP contribution in [0.1, 0.15) is 53.1 Å². The number of aromatic nitrogens is 2. The Hall–Kier alpha value is -5.68. The molecule has 0 aliphatic heterocycles. The van der Waals surface area contributed by atoms with Gasteiger partial charge in [-0.1, -0.05) is 98.8 Å². The van der Waals surface area contributed by atoms with Crippen LogP contribution in [0.25, 0.3) is 92.8 Å². The topological polar surface area (TPSA) is 9.86 Å². The fourth-order valence-corrected chi connectivity index (χ4v) is 12.3. The van der Waals surface area contributed by atoms with Crippen LogP contribution in [0.2, 0.25) is 0 Å². The average Bonchev–Trinajstić information content (AvgIpc) is 3.96. The van der Waals surface area contributed by atoms with Crippen LogP contribution in [0, 0.1) is 5.92 Å². The molecule has 2 nitrogen and oxygen atoms in total. The molecule has 2 aliphatic carbocycles. The van der Waals surface area contributed by atoms with E-state index in [1.165, 1.54) is 90.4 Å². The van der Waals surface area contributed by atoms with E-state index >= 15 is 0 Å². The Bertz CT molecular complexity index is 3250. The van der Waals surface area contributed by atoms with Gasteiger partial charge in [-0.15, -0.1) is 22.7 Å². The van der Waals surface area contributed by atoms with E-state index < -0.39 is 0 Å². The molecule has 10 aromatic rings. The standard InChI is InChI=1S/C50H36N2S2/c1-29-11-9-19-44-47(29)49-46(54-44)26-21-30(2)50(49)52-39-16-7-4-13-34(39)37-28-32(23-25-41(37)52)31-22-24-40-36(27-31)33-12-3-6-15-38(33)51(40)42-17-10-20-45-48(42)35-14-5-8-18-43(35)53-45/h3-10,12-30,50H,11H2,1-2H3. The van der Waals surface area contributed by atoms with Crippen LogP contribution < -0.4 is 0 Å². The maximum atomic E-state index is 2.67. The minimum absolute atomic E-state index is 0.250. The van der Waals surface area contributed by atoms with Gasteiger partial charge in [-0.3, -0.25) is 0 Å². The van der Waals surface area contributed by atoms with Crippen molar-refractivity contribution in [1.29, 1.82) is 0 Å². The molecule has 0 amide bonds. The van der Waals surface area contributed by atoms with Crippen molar-refractivity contribution >= 4 is 98.6 Å². The van der Waals surface area contributed by atoms with Gasteiger partial charge < -0.3 is 9.13 Å². The highest BCUT2D eigenvalue weighted by molar-refractivity contribution is 7.25. The SMILES string of the molecule is CC1CC=Cc2sc3c(c21)C(n1c2ccccc2c2cc(-c4ccc5c(c4)c4ccccc4n5-c4cccc5sc6ccccc6c45)ccc21)C(C)C=C3. The number of fused-ring (bicyclic) bond motifs is 12. The van der Waals surface area contributed by atoms with E-state index in [1.807, 2.05) is 22.7 Å². The Labute approximate surface area is 321 Å². The maximum absolute atomic E-state index is 2.67. The van der Waals surface area contributed by atoms with Crippen molar-refractivity contribution in [3.8, 4) is 16.8 Å². The van der Waals surface area contributed by atoms with Gasteiger partial charge in [-0.25, -0.2) is 0 Å². The summed E-state index contributed by atoms with van der Waals surface area (Å²) in [6.07, 6.45) is 10.7. The van der Waals surface area contributed by atoms with Gasteiger partial charge in [-0.2, -0.15) is 0 Å². The maximum Gasteiger partial charge on any atom is 0.0669 e. The van der Waals surface area contributed by atoms with Crippen molar-refractivity contribution < 1.29 is 0 Å². The van der Waals surface area contributed by atoms with Gasteiger partial charge in [-0.05, 0) is 107 Å². The summed E-state index contributed by atoms with van der Waals surface area (Å²) in [5.74, 6) is 0.912. The monoisotopic (exact) mass is 728 g/mol. The number of hydrogen-bond donors (Lipinski definition) is 0. The predicted octanol–water partition coefficient (Wildman–Crippen LogP) is 14.8. The third-order valence-electron chi connectivity index (χ3n) is 12.3. The molecule has 3 unspecified atom stereocenters. The first-order valence-corrected chi connectivity index (χ1v) is 20.7. The van der Waals surface area contributed by atoms with Gasteiger partial charge in [0.1, 0.15) is 0 Å². The van der Waals surface area contributed by atoms with Crippen molar-refractivity contribution in [1.82, 2.24) is 9.13 Å². The van der Waals surface area contributed by atoms with Gasteiger partial charge in [0.05, 0.1) is 22.8 Å². The zero-order chi connectivity index (χ0) is 35.7. The van der Waals surface area contributed by atoms with E-state index in [9.17, 15) is 0 Å². The van der Waals surface area contributed by atoms with Crippen molar-refractivity contribution in [3.05, 3.63) is 160 Å². The Morgan fingerprint density at radius 2 is 1.17 bits per heavy atom. The van der Waals surface area contributed by atoms with E-state index in [2.05, 4.69) is 175 Å². The normalized spacial score (nSPS) is 18.1. The number of para-hydroxylation sites is 2. The summed E-state index contributed by atoms with van der Waals surface area (Å²) in [5.41, 5.74) is 11.9. The molecule has 0 bridgehead atoms. The number of rotatable bonds is 3. The van der Waals surface area contributed by atoms with Crippen molar-refractivity contribution in [3.63, 3.8) is 0 Å². The van der Waals surface area contributed by atoms with Gasteiger partial charge in [0.25, 0.3) is 0 Å². The summed E-state index contributed by atoms with van der Waals surface area (Å²) in [5, 5.41) is 7.86. The number of benzene rings is 6. The van der Waals surface area contributed by atoms with Gasteiger partial charge in [0.2, 0.25) is 0 Å². The summed E-state index contributed by atoms with van der Waals surface area (Å²) in [7, 11) is 0. The third-order valence-corrected chi connectivity index (χ3v) is 14.5. The van der Waals surface area contributed by atoms with Crippen LogP contribution in [0.3, 0.4) is 0 Å². The molecule has 4 heterocycles. The molecule has 0 N–H and O–H groups in total. The molecular weight excluding hydrogens is 693 g/mol. The fraction of sp³-hybridized carbons (Fsp3) is 0.120. The molecule has 3 atom stereocenters. The van der Waals surface area contributed by atoms with Crippen LogP contribution in [0.5, 0.6) is 0 Å². The molecule has 12 rings (SSSR count). The molecule has 0 saturated heterocycles. The molecular formula is C50H36N2S2. The molecule has 258 valence electrons. The molecule has 6 aromatic carbocycles. The lowest BCUT2D eigenvalue weighted by Crippen LogP contribution is -2.21. The molecule has 0 spiro atoms. The highest BCUT2D eigenvalue weighted by Crippen LogP contribution is 2.50. The number of hydrogen-bond acceptors (Lipinski definition) is 2. The lowest BCUT2D eigenvalue weighted by molar-refractivity contribution is 0.489. The number of thiophene rings is 2. The van der Waals surface area contributed by atoms with Crippen molar-refractivity contribution in [2.45, 2.75) is 32.2 Å². The first kappa shape index (κ1) is 30.7. The zero-order valence-electron chi connectivity index (χ0n) is 30.1. The van der Waals surface area contributed by atoms with Crippen LogP contribution in [0.4, 0.5) is 0 Å². The van der Waals surface area contributed by atoms with Crippen LogP contribution in [-0.2, 0) is 0 Å². The fourth-order valence-electron chi connectivity index (χ4n) is 9.86. The Morgan fingerprint density at radius 3 is 2.00 bits per heavy atom. The van der Waals surface area contributed by atoms with E-state index in [0.29, 0.717) is 11.8 Å². The Kier molecular flexibility index (Phi) is 6.50. The molecule has 4 aromatic heterocycles. The van der Waals surface area contributed by atoms with Crippen LogP contribution in [-0.4, -0.2) is 9.13 Å². The molecule has 54 heavy (non-hydrogen) atoms. The predicted molar refractivity (Wildman–Crippen MR) is 235 cm³/mol. The molecule has 0 saturated carbocycles. The van der Waals surface area contributed by atoms with E-state index in [0.717, 1.165) is 6.42 Å². The molecule has 0 fully saturated rings. The van der Waals surface area contributed by atoms with Crippen LogP contribution in [0.15, 0.2) is 140 Å². The summed E-state index contributed by atoms with van der Waals surface area (Å²) >= 11 is 3.85. The highest BCUT2D eigenvalue weighted by atomic mass is 32.1. The lowest BCUT2D eigenvalue weighted by Gasteiger charge is -2.31. The quantitative estimate of drug-likeness (QED) is 0.171. The lowest BCUT2D eigenvalue weighted by atomic mass is 9.81. The smallest absolute Gasteiger partial charge is 0.0669 e. The highest BCUT2D eigenvalue weighted by Gasteiger charge is 2.34. The average molecular weight is 729 g/mol. The van der Waals surface area contributed by atoms with E-state index in [-0.39, 0.29) is 6.04 Å². The third kappa shape index (κ3) is 4.21. The first-order valence-electron chi connectivity index (χ1n) is 19.1. The van der Waals surface area contributed by atoms with Crippen molar-refractivity contribution in [2.24, 2.45) is 5.92 Å². The second-order valence-electron chi connectivity index (χ2n) is 15.3. The minimum atomic E-state index is 0.250. The molecule has 0 radical (unpaired) electrons. The largest absolute Gasteiger partial charge is 0.332 e. The summed E-state index contributed by atoms with van der Waals surface area (Å²) in [6, 6.07) is 48.1. The molecule has 2 aliphatic rings. The van der Waals surface area contributed by atoms with E-state index in [4.69, 9.17) is 0 Å². The van der Waals surface area contributed by atoms with Gasteiger partial charge in [0, 0.05) is 62.5 Å². The summed E-state index contributed by atoms with van der Waals surface area (Å²) in [6.45, 7) is 4.81. The second-order valence-corrected chi connectivity index (χ2v) is 17.5. The van der Waals surface area contributed by atoms with Gasteiger partial charge in [0.15, 0.2) is 0 Å². The summed E-state index contributed by atoms with van der Waals surface area (Å²) in [4.78, 5) is 2.88. The first-order chi connectivity index (χ1) is 26.6.